The van der Waals surface area contributed by atoms with E-state index in [1.165, 1.54) is 0 Å². The molecule has 16 heavy (non-hydrogen) atoms. The topological polar surface area (TPSA) is 34.0 Å². The third-order valence-corrected chi connectivity index (χ3v) is 2.67. The van der Waals surface area contributed by atoms with Gasteiger partial charge in [-0.3, -0.25) is 4.79 Å². The number of halogens is 1. The molecule has 1 rings (SSSR count). The number of aryl methyl sites for hydroxylation is 1. The van der Waals surface area contributed by atoms with Crippen molar-refractivity contribution in [1.82, 2.24) is 9.88 Å². The van der Waals surface area contributed by atoms with Crippen molar-refractivity contribution in [2.45, 2.75) is 32.9 Å². The molecule has 0 aliphatic carbocycles. The summed E-state index contributed by atoms with van der Waals surface area (Å²) in [6.45, 7) is 4.65. The van der Waals surface area contributed by atoms with Gasteiger partial charge in [0, 0.05) is 29.7 Å². The average molecular weight is 283 g/mol. The fourth-order valence-corrected chi connectivity index (χ4v) is 1.92. The quantitative estimate of drug-likeness (QED) is 0.846. The lowest BCUT2D eigenvalue weighted by atomic mass is 10.2. The van der Waals surface area contributed by atoms with E-state index in [0.717, 1.165) is 11.0 Å². The second-order valence-corrected chi connectivity index (χ2v) is 4.53. The molecule has 1 aromatic heterocycles. The van der Waals surface area contributed by atoms with Gasteiger partial charge in [-0.15, -0.1) is 12.3 Å². The van der Waals surface area contributed by atoms with Gasteiger partial charge in [0.1, 0.15) is 5.69 Å². The lowest BCUT2D eigenvalue weighted by Crippen LogP contribution is -2.33. The number of hydrogen-bond acceptors (Lipinski definition) is 1. The summed E-state index contributed by atoms with van der Waals surface area (Å²) in [6, 6.07) is 1.80. The Labute approximate surface area is 104 Å². The molecular formula is C12H15BrN2O. The van der Waals surface area contributed by atoms with Gasteiger partial charge in [0.2, 0.25) is 0 Å². The molecule has 4 heteroatoms. The summed E-state index contributed by atoms with van der Waals surface area (Å²) < 4.78 is 2.80. The zero-order chi connectivity index (χ0) is 12.1. The number of nitrogens with one attached hydrogen (secondary N) is 1. The van der Waals surface area contributed by atoms with Crippen molar-refractivity contribution < 1.29 is 4.79 Å². The van der Waals surface area contributed by atoms with Crippen molar-refractivity contribution in [2.75, 3.05) is 0 Å². The van der Waals surface area contributed by atoms with E-state index in [1.54, 1.807) is 6.07 Å². The second kappa shape index (κ2) is 5.76. The first-order valence-corrected chi connectivity index (χ1v) is 5.97. The number of terminal acetylenes is 1. The van der Waals surface area contributed by atoms with Crippen molar-refractivity contribution in [1.29, 1.82) is 0 Å². The molecule has 1 heterocycles. The number of amides is 1. The maximum absolute atomic E-state index is 11.9. The Morgan fingerprint density at radius 2 is 2.44 bits per heavy atom. The van der Waals surface area contributed by atoms with E-state index in [9.17, 15) is 4.79 Å². The van der Waals surface area contributed by atoms with Gasteiger partial charge in [-0.05, 0) is 35.8 Å². The highest BCUT2D eigenvalue weighted by Gasteiger charge is 2.13. The first kappa shape index (κ1) is 12.9. The molecule has 0 spiro atoms. The maximum Gasteiger partial charge on any atom is 0.268 e. The lowest BCUT2D eigenvalue weighted by molar-refractivity contribution is 0.0931. The van der Waals surface area contributed by atoms with Crippen LogP contribution in [0.2, 0.25) is 0 Å². The number of rotatable bonds is 4. The van der Waals surface area contributed by atoms with Crippen LogP contribution in [0, 0.1) is 12.3 Å². The van der Waals surface area contributed by atoms with Gasteiger partial charge in [-0.25, -0.2) is 0 Å². The third kappa shape index (κ3) is 3.14. The number of carbonyl (C=O) groups is 1. The van der Waals surface area contributed by atoms with Crippen LogP contribution in [0.15, 0.2) is 16.7 Å². The first-order chi connectivity index (χ1) is 7.58. The molecule has 86 valence electrons. The molecule has 0 aliphatic rings. The largest absolute Gasteiger partial charge is 0.347 e. The fraction of sp³-hybridized carbons (Fsp3) is 0.417. The molecule has 1 N–H and O–H groups in total. The summed E-state index contributed by atoms with van der Waals surface area (Å²) >= 11 is 3.36. The summed E-state index contributed by atoms with van der Waals surface area (Å²) in [5.74, 6) is 2.44. The Bertz CT molecular complexity index is 417. The molecule has 1 amide bonds. The van der Waals surface area contributed by atoms with Crippen LogP contribution in [0.1, 0.15) is 30.8 Å². The van der Waals surface area contributed by atoms with Gasteiger partial charge in [0.05, 0.1) is 0 Å². The summed E-state index contributed by atoms with van der Waals surface area (Å²) in [5, 5.41) is 2.86. The minimum absolute atomic E-state index is 0.00326. The minimum Gasteiger partial charge on any atom is -0.347 e. The van der Waals surface area contributed by atoms with Crippen LogP contribution < -0.4 is 5.32 Å². The van der Waals surface area contributed by atoms with Gasteiger partial charge < -0.3 is 9.88 Å². The molecule has 0 radical (unpaired) electrons. The van der Waals surface area contributed by atoms with E-state index >= 15 is 0 Å². The molecule has 0 aromatic carbocycles. The Hall–Kier alpha value is -1.21. The Kier molecular flexibility index (Phi) is 4.63. The van der Waals surface area contributed by atoms with Crippen LogP contribution in [0.25, 0.3) is 0 Å². The van der Waals surface area contributed by atoms with Gasteiger partial charge in [0.15, 0.2) is 0 Å². The third-order valence-electron chi connectivity index (χ3n) is 2.24. The fourth-order valence-electron chi connectivity index (χ4n) is 1.45. The molecule has 0 saturated heterocycles. The van der Waals surface area contributed by atoms with Crippen molar-refractivity contribution in [3.63, 3.8) is 0 Å². The Morgan fingerprint density at radius 3 is 3.00 bits per heavy atom. The van der Waals surface area contributed by atoms with E-state index in [0.29, 0.717) is 12.1 Å². The van der Waals surface area contributed by atoms with Crippen LogP contribution >= 0.6 is 15.9 Å². The molecule has 0 bridgehead atoms. The van der Waals surface area contributed by atoms with Gasteiger partial charge in [-0.1, -0.05) is 0 Å². The van der Waals surface area contributed by atoms with E-state index < -0.39 is 0 Å². The predicted molar refractivity (Wildman–Crippen MR) is 68.2 cm³/mol. The lowest BCUT2D eigenvalue weighted by Gasteiger charge is -2.12. The number of carbonyl (C=O) groups excluding carboxylic acids is 1. The van der Waals surface area contributed by atoms with E-state index in [4.69, 9.17) is 6.42 Å². The van der Waals surface area contributed by atoms with Crippen LogP contribution in [0.4, 0.5) is 0 Å². The smallest absolute Gasteiger partial charge is 0.268 e. The van der Waals surface area contributed by atoms with Gasteiger partial charge in [-0.2, -0.15) is 0 Å². The molecule has 1 unspecified atom stereocenters. The monoisotopic (exact) mass is 282 g/mol. The molecule has 0 saturated carbocycles. The molecular weight excluding hydrogens is 268 g/mol. The van der Waals surface area contributed by atoms with E-state index in [1.807, 2.05) is 24.6 Å². The molecule has 0 aliphatic heterocycles. The summed E-state index contributed by atoms with van der Waals surface area (Å²) in [5.41, 5.74) is 0.651. The van der Waals surface area contributed by atoms with Gasteiger partial charge >= 0.3 is 0 Å². The summed E-state index contributed by atoms with van der Waals surface area (Å²) in [4.78, 5) is 11.9. The van der Waals surface area contributed by atoms with Crippen molar-refractivity contribution in [3.8, 4) is 12.3 Å². The maximum atomic E-state index is 11.9. The standard InChI is InChI=1S/C12H15BrN2O/c1-4-6-9(3)14-12(16)11-7-10(13)8-15(11)5-2/h1,7-9H,5-6H2,2-3H3,(H,14,16). The normalized spacial score (nSPS) is 11.9. The Balaban J connectivity index is 2.76. The van der Waals surface area contributed by atoms with E-state index in [2.05, 4.69) is 27.2 Å². The zero-order valence-electron chi connectivity index (χ0n) is 9.46. The van der Waals surface area contributed by atoms with Crippen molar-refractivity contribution >= 4 is 21.8 Å². The molecule has 0 fully saturated rings. The molecule has 1 aromatic rings. The highest BCUT2D eigenvalue weighted by Crippen LogP contribution is 2.15. The van der Waals surface area contributed by atoms with Crippen molar-refractivity contribution in [2.24, 2.45) is 0 Å². The summed E-state index contributed by atoms with van der Waals surface area (Å²) in [7, 11) is 0. The number of aromatic nitrogens is 1. The van der Waals surface area contributed by atoms with Gasteiger partial charge in [0.25, 0.3) is 5.91 Å². The van der Waals surface area contributed by atoms with Crippen LogP contribution in [-0.4, -0.2) is 16.5 Å². The Morgan fingerprint density at radius 1 is 1.75 bits per heavy atom. The van der Waals surface area contributed by atoms with E-state index in [-0.39, 0.29) is 11.9 Å². The predicted octanol–water partition coefficient (Wildman–Crippen LogP) is 2.41. The molecule has 1 atom stereocenters. The van der Waals surface area contributed by atoms with Crippen molar-refractivity contribution in [3.05, 3.63) is 22.4 Å². The minimum atomic E-state index is -0.0877. The average Bonchev–Trinajstić information content (AvgIpc) is 2.59. The highest BCUT2D eigenvalue weighted by atomic mass is 79.9. The SMILES string of the molecule is C#CCC(C)NC(=O)c1cc(Br)cn1CC. The zero-order valence-corrected chi connectivity index (χ0v) is 11.0. The van der Waals surface area contributed by atoms with Crippen LogP contribution in [-0.2, 0) is 6.54 Å². The second-order valence-electron chi connectivity index (χ2n) is 3.61. The number of nitrogens with zero attached hydrogens (tertiary/aromatic N) is 1. The highest BCUT2D eigenvalue weighted by molar-refractivity contribution is 9.10. The number of hydrogen-bond donors (Lipinski definition) is 1. The molecule has 3 nitrogen and oxygen atoms in total. The first-order valence-electron chi connectivity index (χ1n) is 5.18. The summed E-state index contributed by atoms with van der Waals surface area (Å²) in [6.07, 6.45) is 7.62. The van der Waals surface area contributed by atoms with Crippen LogP contribution in [0.5, 0.6) is 0 Å². The van der Waals surface area contributed by atoms with Crippen LogP contribution in [0.3, 0.4) is 0 Å².